The van der Waals surface area contributed by atoms with E-state index in [4.69, 9.17) is 5.73 Å². The second-order valence-corrected chi connectivity index (χ2v) is 3.31. The lowest BCUT2D eigenvalue weighted by molar-refractivity contribution is 0.814. The Morgan fingerprint density at radius 2 is 2.08 bits per heavy atom. The van der Waals surface area contributed by atoms with Crippen molar-refractivity contribution in [2.75, 3.05) is 31.8 Å². The molecule has 0 aliphatic heterocycles. The minimum atomic E-state index is 0.816. The number of nitrogen functional groups attached to an aromatic ring is 1. The molecule has 0 radical (unpaired) electrons. The maximum Gasteiger partial charge on any atom is 0.0408 e. The van der Waals surface area contributed by atoms with Crippen LogP contribution in [-0.2, 0) is 6.54 Å². The third kappa shape index (κ3) is 2.36. The highest BCUT2D eigenvalue weighted by Gasteiger charge is 2.03. The van der Waals surface area contributed by atoms with Crippen LogP contribution < -0.4 is 16.0 Å². The first-order valence-electron chi connectivity index (χ1n) is 4.35. The molecule has 0 saturated heterocycles. The second-order valence-electron chi connectivity index (χ2n) is 3.31. The quantitative estimate of drug-likeness (QED) is 0.682. The van der Waals surface area contributed by atoms with Gasteiger partial charge in [-0.2, -0.15) is 0 Å². The molecule has 0 saturated carbocycles. The lowest BCUT2D eigenvalue weighted by Gasteiger charge is -2.17. The Kier molecular flexibility index (Phi) is 3.14. The van der Waals surface area contributed by atoms with Crippen molar-refractivity contribution in [2.24, 2.45) is 0 Å². The molecule has 72 valence electrons. The zero-order chi connectivity index (χ0) is 9.84. The molecule has 1 rings (SSSR count). The molecule has 0 spiro atoms. The molecule has 0 aliphatic carbocycles. The first-order valence-corrected chi connectivity index (χ1v) is 4.35. The summed E-state index contributed by atoms with van der Waals surface area (Å²) in [6, 6.07) is 5.97. The zero-order valence-electron chi connectivity index (χ0n) is 8.46. The van der Waals surface area contributed by atoms with Gasteiger partial charge in [-0.15, -0.1) is 0 Å². The summed E-state index contributed by atoms with van der Waals surface area (Å²) < 4.78 is 0. The van der Waals surface area contributed by atoms with Gasteiger partial charge < -0.3 is 16.0 Å². The predicted octanol–water partition coefficient (Wildman–Crippen LogP) is 1.05. The number of nitrogens with two attached hydrogens (primary N) is 1. The Hall–Kier alpha value is -1.22. The van der Waals surface area contributed by atoms with Crippen molar-refractivity contribution >= 4 is 11.4 Å². The minimum absolute atomic E-state index is 0.816. The molecule has 0 heterocycles. The highest BCUT2D eigenvalue weighted by Crippen LogP contribution is 2.20. The van der Waals surface area contributed by atoms with Crippen LogP contribution in [0.4, 0.5) is 11.4 Å². The summed E-state index contributed by atoms with van der Waals surface area (Å²) in [7, 11) is 6.00. The van der Waals surface area contributed by atoms with Gasteiger partial charge >= 0.3 is 0 Å². The van der Waals surface area contributed by atoms with Crippen LogP contribution in [0.2, 0.25) is 0 Å². The van der Waals surface area contributed by atoms with Gasteiger partial charge in [0.25, 0.3) is 0 Å². The van der Waals surface area contributed by atoms with E-state index in [2.05, 4.69) is 10.2 Å². The number of hydrogen-bond donors (Lipinski definition) is 2. The van der Waals surface area contributed by atoms with Gasteiger partial charge in [-0.1, -0.05) is 0 Å². The molecule has 0 amide bonds. The highest BCUT2D eigenvalue weighted by molar-refractivity contribution is 5.58. The molecule has 13 heavy (non-hydrogen) atoms. The number of benzene rings is 1. The van der Waals surface area contributed by atoms with Crippen molar-refractivity contribution in [1.82, 2.24) is 5.32 Å². The molecule has 3 N–H and O–H groups in total. The summed E-state index contributed by atoms with van der Waals surface area (Å²) in [5.74, 6) is 0. The van der Waals surface area contributed by atoms with Gasteiger partial charge in [0.15, 0.2) is 0 Å². The molecule has 3 nitrogen and oxygen atoms in total. The summed E-state index contributed by atoms with van der Waals surface area (Å²) in [5.41, 5.74) is 8.97. The summed E-state index contributed by atoms with van der Waals surface area (Å²) in [4.78, 5) is 2.09. The standard InChI is InChI=1S/C10H17N3/c1-12-7-8-6-9(11)4-5-10(8)13(2)3/h4-6,12H,7,11H2,1-3H3. The van der Waals surface area contributed by atoms with Gasteiger partial charge in [-0.25, -0.2) is 0 Å². The smallest absolute Gasteiger partial charge is 0.0408 e. The van der Waals surface area contributed by atoms with Crippen LogP contribution in [-0.4, -0.2) is 21.1 Å². The molecular weight excluding hydrogens is 162 g/mol. The first kappa shape index (κ1) is 9.86. The largest absolute Gasteiger partial charge is 0.399 e. The van der Waals surface area contributed by atoms with Crippen molar-refractivity contribution < 1.29 is 0 Å². The van der Waals surface area contributed by atoms with Crippen LogP contribution in [0.25, 0.3) is 0 Å². The highest BCUT2D eigenvalue weighted by atomic mass is 15.1. The third-order valence-electron chi connectivity index (χ3n) is 1.95. The summed E-state index contributed by atoms with van der Waals surface area (Å²) in [6.45, 7) is 0.846. The Morgan fingerprint density at radius 1 is 1.38 bits per heavy atom. The SMILES string of the molecule is CNCc1cc(N)ccc1N(C)C. The lowest BCUT2D eigenvalue weighted by Crippen LogP contribution is -2.15. The van der Waals surface area contributed by atoms with E-state index in [1.165, 1.54) is 11.3 Å². The van der Waals surface area contributed by atoms with E-state index in [1.54, 1.807) is 0 Å². The maximum absolute atomic E-state index is 5.71. The fourth-order valence-corrected chi connectivity index (χ4v) is 1.37. The maximum atomic E-state index is 5.71. The van der Waals surface area contributed by atoms with E-state index >= 15 is 0 Å². The van der Waals surface area contributed by atoms with Crippen molar-refractivity contribution in [3.63, 3.8) is 0 Å². The Morgan fingerprint density at radius 3 is 2.62 bits per heavy atom. The molecule has 0 unspecified atom stereocenters. The molecular formula is C10H17N3. The molecule has 3 heteroatoms. The average Bonchev–Trinajstić information content (AvgIpc) is 2.04. The minimum Gasteiger partial charge on any atom is -0.399 e. The summed E-state index contributed by atoms with van der Waals surface area (Å²) in [6.07, 6.45) is 0. The van der Waals surface area contributed by atoms with E-state index in [0.29, 0.717) is 0 Å². The Labute approximate surface area is 79.5 Å². The van der Waals surface area contributed by atoms with Gasteiger partial charge in [0.1, 0.15) is 0 Å². The second kappa shape index (κ2) is 4.14. The Bertz CT molecular complexity index is 281. The van der Waals surface area contributed by atoms with Gasteiger partial charge in [0, 0.05) is 32.0 Å². The van der Waals surface area contributed by atoms with Gasteiger partial charge in [0.05, 0.1) is 0 Å². The molecule has 1 aromatic rings. The van der Waals surface area contributed by atoms with Crippen molar-refractivity contribution in [1.29, 1.82) is 0 Å². The van der Waals surface area contributed by atoms with Crippen LogP contribution in [0.1, 0.15) is 5.56 Å². The van der Waals surface area contributed by atoms with Crippen LogP contribution in [0.5, 0.6) is 0 Å². The predicted molar refractivity (Wildman–Crippen MR) is 57.9 cm³/mol. The normalized spacial score (nSPS) is 10.1. The molecule has 0 aliphatic rings. The summed E-state index contributed by atoms with van der Waals surface area (Å²) >= 11 is 0. The van der Waals surface area contributed by atoms with E-state index in [0.717, 1.165) is 12.2 Å². The topological polar surface area (TPSA) is 41.3 Å². The van der Waals surface area contributed by atoms with E-state index in [9.17, 15) is 0 Å². The number of nitrogens with one attached hydrogen (secondary N) is 1. The van der Waals surface area contributed by atoms with Crippen molar-refractivity contribution in [3.05, 3.63) is 23.8 Å². The third-order valence-corrected chi connectivity index (χ3v) is 1.95. The van der Waals surface area contributed by atoms with Crippen molar-refractivity contribution in [3.8, 4) is 0 Å². The van der Waals surface area contributed by atoms with E-state index < -0.39 is 0 Å². The van der Waals surface area contributed by atoms with E-state index in [1.807, 2.05) is 39.3 Å². The van der Waals surface area contributed by atoms with Crippen LogP contribution in [0, 0.1) is 0 Å². The fourth-order valence-electron chi connectivity index (χ4n) is 1.37. The Balaban J connectivity index is 3.03. The fraction of sp³-hybridized carbons (Fsp3) is 0.400. The monoisotopic (exact) mass is 179 g/mol. The van der Waals surface area contributed by atoms with Crippen LogP contribution in [0.3, 0.4) is 0 Å². The number of anilines is 2. The number of hydrogen-bond acceptors (Lipinski definition) is 3. The average molecular weight is 179 g/mol. The zero-order valence-corrected chi connectivity index (χ0v) is 8.46. The van der Waals surface area contributed by atoms with Gasteiger partial charge in [-0.3, -0.25) is 0 Å². The van der Waals surface area contributed by atoms with Crippen LogP contribution >= 0.6 is 0 Å². The molecule has 0 atom stereocenters. The first-order chi connectivity index (χ1) is 6.15. The van der Waals surface area contributed by atoms with Gasteiger partial charge in [-0.05, 0) is 30.8 Å². The molecule has 0 fully saturated rings. The van der Waals surface area contributed by atoms with Gasteiger partial charge in [0.2, 0.25) is 0 Å². The van der Waals surface area contributed by atoms with Crippen LogP contribution in [0.15, 0.2) is 18.2 Å². The molecule has 1 aromatic carbocycles. The van der Waals surface area contributed by atoms with Crippen molar-refractivity contribution in [2.45, 2.75) is 6.54 Å². The lowest BCUT2D eigenvalue weighted by atomic mass is 10.1. The molecule has 0 aromatic heterocycles. The van der Waals surface area contributed by atoms with E-state index in [-0.39, 0.29) is 0 Å². The summed E-state index contributed by atoms with van der Waals surface area (Å²) in [5, 5.41) is 3.12. The molecule has 0 bridgehead atoms. The number of rotatable bonds is 3. The number of nitrogens with zero attached hydrogens (tertiary/aromatic N) is 1.